The van der Waals surface area contributed by atoms with Crippen LogP contribution < -0.4 is 0 Å². The fraction of sp³-hybridized carbons (Fsp3) is 0.857. The Labute approximate surface area is 74.8 Å². The molecule has 1 heterocycles. The summed E-state index contributed by atoms with van der Waals surface area (Å²) < 4.78 is 36.0. The summed E-state index contributed by atoms with van der Waals surface area (Å²) in [7, 11) is 0. The smallest absolute Gasteiger partial charge is 0.358 e. The van der Waals surface area contributed by atoms with E-state index in [2.05, 4.69) is 21.7 Å². The van der Waals surface area contributed by atoms with E-state index < -0.39 is 16.9 Å². The third-order valence-corrected chi connectivity index (χ3v) is 2.12. The minimum absolute atomic E-state index is 0.127. The van der Waals surface area contributed by atoms with E-state index in [-0.39, 0.29) is 12.8 Å². The second-order valence-electron chi connectivity index (χ2n) is 2.62. The van der Waals surface area contributed by atoms with E-state index >= 15 is 0 Å². The normalized spacial score (nSPS) is 40.8. The lowest BCUT2D eigenvalue weighted by molar-refractivity contribution is -0.216. The number of rotatable bonds is 2. The van der Waals surface area contributed by atoms with Crippen molar-refractivity contribution in [3.63, 3.8) is 0 Å². The van der Waals surface area contributed by atoms with Gasteiger partial charge in [-0.05, 0) is 0 Å². The SMILES string of the molecule is CCC1(F)OC(=S)OC1(F)CC. The van der Waals surface area contributed by atoms with E-state index in [0.29, 0.717) is 0 Å². The quantitative estimate of drug-likeness (QED) is 0.632. The number of hydrogen-bond acceptors (Lipinski definition) is 3. The van der Waals surface area contributed by atoms with Crippen molar-refractivity contribution in [2.75, 3.05) is 0 Å². The van der Waals surface area contributed by atoms with Gasteiger partial charge in [-0.25, -0.2) is 0 Å². The predicted octanol–water partition coefficient (Wildman–Crippen LogP) is 2.47. The maximum Gasteiger partial charge on any atom is 0.358 e. The van der Waals surface area contributed by atoms with Crippen LogP contribution in [0.25, 0.3) is 0 Å². The largest absolute Gasteiger partial charge is 0.412 e. The molecule has 0 aliphatic carbocycles. The molecule has 0 saturated carbocycles. The monoisotopic (exact) mass is 196 g/mol. The first-order valence-electron chi connectivity index (χ1n) is 3.77. The summed E-state index contributed by atoms with van der Waals surface area (Å²) in [5.74, 6) is -4.84. The van der Waals surface area contributed by atoms with Gasteiger partial charge in [-0.1, -0.05) is 13.8 Å². The molecule has 0 bridgehead atoms. The summed E-state index contributed by atoms with van der Waals surface area (Å²) in [5, 5.41) is -0.455. The van der Waals surface area contributed by atoms with E-state index in [1.165, 1.54) is 13.8 Å². The second-order valence-corrected chi connectivity index (χ2v) is 2.95. The molecule has 1 aliphatic heterocycles. The number of alkyl halides is 2. The minimum Gasteiger partial charge on any atom is -0.412 e. The maximum atomic E-state index is 13.5. The van der Waals surface area contributed by atoms with Crippen LogP contribution in [0.3, 0.4) is 0 Å². The molecule has 70 valence electrons. The fourth-order valence-corrected chi connectivity index (χ4v) is 1.37. The summed E-state index contributed by atoms with van der Waals surface area (Å²) in [5.41, 5.74) is 0. The van der Waals surface area contributed by atoms with Crippen molar-refractivity contribution in [1.82, 2.24) is 0 Å². The van der Waals surface area contributed by atoms with E-state index in [9.17, 15) is 8.78 Å². The average molecular weight is 196 g/mol. The Morgan fingerprint density at radius 2 is 1.50 bits per heavy atom. The summed E-state index contributed by atoms with van der Waals surface area (Å²) in [6.45, 7) is 2.95. The Hall–Kier alpha value is -0.450. The molecule has 0 aromatic carbocycles. The Morgan fingerprint density at radius 1 is 1.17 bits per heavy atom. The van der Waals surface area contributed by atoms with Crippen LogP contribution in [0.15, 0.2) is 0 Å². The van der Waals surface area contributed by atoms with Crippen LogP contribution in [0.2, 0.25) is 0 Å². The fourth-order valence-electron chi connectivity index (χ4n) is 1.11. The molecule has 1 rings (SSSR count). The van der Waals surface area contributed by atoms with E-state index in [1.807, 2.05) is 0 Å². The van der Waals surface area contributed by atoms with Crippen molar-refractivity contribution in [3.8, 4) is 0 Å². The van der Waals surface area contributed by atoms with E-state index in [4.69, 9.17) is 0 Å². The van der Waals surface area contributed by atoms with Gasteiger partial charge in [0.1, 0.15) is 0 Å². The molecule has 0 radical (unpaired) electrons. The van der Waals surface area contributed by atoms with Gasteiger partial charge in [0.25, 0.3) is 0 Å². The molecule has 0 amide bonds. The first-order chi connectivity index (χ1) is 5.47. The van der Waals surface area contributed by atoms with Crippen LogP contribution in [0.1, 0.15) is 26.7 Å². The zero-order valence-corrected chi connectivity index (χ0v) is 7.71. The van der Waals surface area contributed by atoms with Gasteiger partial charge in [-0.15, -0.1) is 0 Å². The second kappa shape index (κ2) is 2.80. The maximum absolute atomic E-state index is 13.5. The van der Waals surface area contributed by atoms with Crippen LogP contribution >= 0.6 is 12.2 Å². The molecule has 0 aromatic heterocycles. The van der Waals surface area contributed by atoms with E-state index in [1.54, 1.807) is 0 Å². The van der Waals surface area contributed by atoms with Crippen molar-refractivity contribution in [1.29, 1.82) is 0 Å². The Bertz CT molecular complexity index is 192. The Balaban J connectivity index is 2.93. The summed E-state index contributed by atoms with van der Waals surface area (Å²) >= 11 is 4.43. The first kappa shape index (κ1) is 9.64. The van der Waals surface area contributed by atoms with Crippen molar-refractivity contribution in [2.24, 2.45) is 0 Å². The number of hydrogen-bond donors (Lipinski definition) is 0. The zero-order chi connectivity index (χ0) is 9.41. The minimum atomic E-state index is -2.42. The molecular formula is C7H10F2O2S. The molecule has 0 N–H and O–H groups in total. The summed E-state index contributed by atoms with van der Waals surface area (Å²) in [6.07, 6.45) is -0.255. The Morgan fingerprint density at radius 3 is 1.75 bits per heavy atom. The highest BCUT2D eigenvalue weighted by atomic mass is 32.1. The van der Waals surface area contributed by atoms with Crippen LogP contribution in [0.4, 0.5) is 8.78 Å². The van der Waals surface area contributed by atoms with Crippen LogP contribution in [0, 0.1) is 0 Å². The molecule has 1 fully saturated rings. The molecule has 0 aromatic rings. The molecule has 2 unspecified atom stereocenters. The first-order valence-corrected chi connectivity index (χ1v) is 4.18. The standard InChI is InChI=1S/C7H10F2O2S/c1-3-6(8)7(9,4-2)11-5(12)10-6/h3-4H2,1-2H3. The highest BCUT2D eigenvalue weighted by molar-refractivity contribution is 7.79. The van der Waals surface area contributed by atoms with Gasteiger partial charge in [0.05, 0.1) is 0 Å². The van der Waals surface area contributed by atoms with Gasteiger partial charge in [0, 0.05) is 25.1 Å². The van der Waals surface area contributed by atoms with Crippen LogP contribution in [-0.4, -0.2) is 16.9 Å². The molecule has 2 nitrogen and oxygen atoms in total. The van der Waals surface area contributed by atoms with Crippen LogP contribution in [0.5, 0.6) is 0 Å². The van der Waals surface area contributed by atoms with E-state index in [0.717, 1.165) is 0 Å². The average Bonchev–Trinajstić information content (AvgIpc) is 2.25. The predicted molar refractivity (Wildman–Crippen MR) is 43.0 cm³/mol. The van der Waals surface area contributed by atoms with Crippen LogP contribution in [-0.2, 0) is 9.47 Å². The highest BCUT2D eigenvalue weighted by Crippen LogP contribution is 2.44. The third kappa shape index (κ3) is 1.16. The van der Waals surface area contributed by atoms with Gasteiger partial charge in [-0.3, -0.25) is 0 Å². The van der Waals surface area contributed by atoms with Gasteiger partial charge in [0.2, 0.25) is 0 Å². The molecular weight excluding hydrogens is 186 g/mol. The third-order valence-electron chi connectivity index (χ3n) is 1.96. The lowest BCUT2D eigenvalue weighted by Crippen LogP contribution is -2.43. The van der Waals surface area contributed by atoms with Crippen molar-refractivity contribution in [3.05, 3.63) is 0 Å². The molecule has 5 heteroatoms. The molecule has 1 aliphatic rings. The number of halogens is 2. The number of ether oxygens (including phenoxy) is 2. The van der Waals surface area contributed by atoms with Crippen molar-refractivity contribution in [2.45, 2.75) is 38.4 Å². The highest BCUT2D eigenvalue weighted by Gasteiger charge is 2.62. The van der Waals surface area contributed by atoms with Gasteiger partial charge >= 0.3 is 16.9 Å². The van der Waals surface area contributed by atoms with Crippen molar-refractivity contribution < 1.29 is 18.3 Å². The topological polar surface area (TPSA) is 18.5 Å². The van der Waals surface area contributed by atoms with Gasteiger partial charge in [0.15, 0.2) is 0 Å². The molecule has 12 heavy (non-hydrogen) atoms. The zero-order valence-electron chi connectivity index (χ0n) is 6.89. The number of thiocarbonyl (C=S) groups is 1. The molecule has 1 saturated heterocycles. The van der Waals surface area contributed by atoms with Gasteiger partial charge < -0.3 is 9.47 Å². The van der Waals surface area contributed by atoms with Crippen molar-refractivity contribution >= 4 is 17.5 Å². The Kier molecular flexibility index (Phi) is 2.25. The molecule has 0 spiro atoms. The van der Waals surface area contributed by atoms with Gasteiger partial charge in [-0.2, -0.15) is 8.78 Å². The lowest BCUT2D eigenvalue weighted by Gasteiger charge is -2.25. The molecule has 2 atom stereocenters. The summed E-state index contributed by atoms with van der Waals surface area (Å²) in [6, 6.07) is 0. The lowest BCUT2D eigenvalue weighted by atomic mass is 10.0. The summed E-state index contributed by atoms with van der Waals surface area (Å²) in [4.78, 5) is 0.